The van der Waals surface area contributed by atoms with Crippen LogP contribution in [-0.2, 0) is 13.0 Å². The molecule has 0 spiro atoms. The number of nitrogens with zero attached hydrogens (tertiary/aromatic N) is 4. The van der Waals surface area contributed by atoms with Gasteiger partial charge in [-0.3, -0.25) is 4.90 Å². The fourth-order valence-electron chi connectivity index (χ4n) is 4.58. The number of thiophene rings is 1. The van der Waals surface area contributed by atoms with Gasteiger partial charge in [0.25, 0.3) is 0 Å². The van der Waals surface area contributed by atoms with Crippen LogP contribution in [0.2, 0.25) is 0 Å². The largest absolute Gasteiger partial charge is 0.454 e. The Kier molecular flexibility index (Phi) is 5.36. The van der Waals surface area contributed by atoms with Crippen LogP contribution in [0.25, 0.3) is 10.2 Å². The van der Waals surface area contributed by atoms with Crippen molar-refractivity contribution in [3.05, 3.63) is 76.4 Å². The number of hydrogen-bond acceptors (Lipinski definition) is 7. The normalized spacial score (nSPS) is 16.0. The maximum atomic E-state index is 5.54. The third kappa shape index (κ3) is 4.26. The number of fused-ring (bicyclic) bond motifs is 2. The van der Waals surface area contributed by atoms with E-state index in [1.165, 1.54) is 21.4 Å². The van der Waals surface area contributed by atoms with Crippen LogP contribution in [0.1, 0.15) is 21.8 Å². The summed E-state index contributed by atoms with van der Waals surface area (Å²) in [6, 6.07) is 19.0. The molecule has 4 aromatic rings. The van der Waals surface area contributed by atoms with Gasteiger partial charge in [0.05, 0.1) is 5.39 Å². The van der Waals surface area contributed by atoms with E-state index in [1.807, 2.05) is 12.1 Å². The molecule has 0 N–H and O–H groups in total. The lowest BCUT2D eigenvalue weighted by molar-refractivity contribution is 0.174. The summed E-state index contributed by atoms with van der Waals surface area (Å²) in [7, 11) is 0. The van der Waals surface area contributed by atoms with Crippen molar-refractivity contribution in [3.8, 4) is 11.5 Å². The monoisotopic (exact) mass is 458 g/mol. The van der Waals surface area contributed by atoms with Crippen molar-refractivity contribution in [1.29, 1.82) is 0 Å². The Morgan fingerprint density at radius 1 is 0.879 bits per heavy atom. The predicted molar refractivity (Wildman–Crippen MR) is 131 cm³/mol. The second kappa shape index (κ2) is 8.65. The van der Waals surface area contributed by atoms with Gasteiger partial charge in [0, 0.05) is 44.0 Å². The Balaban J connectivity index is 1.19. The SMILES string of the molecule is Cc1cc2c(N3CCN(Cc4ccc5c(c4)OCO5)CC3)nc(Cc3ccccc3)nc2s1. The zero-order valence-electron chi connectivity index (χ0n) is 18.7. The number of hydrogen-bond donors (Lipinski definition) is 0. The van der Waals surface area contributed by atoms with Gasteiger partial charge < -0.3 is 14.4 Å². The maximum absolute atomic E-state index is 5.54. The van der Waals surface area contributed by atoms with Gasteiger partial charge in [0.1, 0.15) is 16.5 Å². The van der Waals surface area contributed by atoms with Gasteiger partial charge in [-0.25, -0.2) is 9.97 Å². The highest BCUT2D eigenvalue weighted by Crippen LogP contribution is 2.34. The molecule has 0 radical (unpaired) electrons. The molecular weight excluding hydrogens is 432 g/mol. The maximum Gasteiger partial charge on any atom is 0.231 e. The van der Waals surface area contributed by atoms with Crippen molar-refractivity contribution in [2.45, 2.75) is 19.9 Å². The van der Waals surface area contributed by atoms with Gasteiger partial charge in [-0.2, -0.15) is 0 Å². The van der Waals surface area contributed by atoms with Crippen LogP contribution in [0.15, 0.2) is 54.6 Å². The lowest BCUT2D eigenvalue weighted by atomic mass is 10.1. The van der Waals surface area contributed by atoms with E-state index in [4.69, 9.17) is 19.4 Å². The van der Waals surface area contributed by atoms with Gasteiger partial charge in [-0.15, -0.1) is 11.3 Å². The van der Waals surface area contributed by atoms with Crippen LogP contribution in [0.5, 0.6) is 11.5 Å². The topological polar surface area (TPSA) is 50.7 Å². The molecular formula is C26H26N4O2S. The van der Waals surface area contributed by atoms with Crippen LogP contribution in [0, 0.1) is 6.92 Å². The van der Waals surface area contributed by atoms with Crippen molar-refractivity contribution in [2.75, 3.05) is 37.9 Å². The van der Waals surface area contributed by atoms with Gasteiger partial charge in [0.2, 0.25) is 6.79 Å². The second-order valence-corrected chi connectivity index (χ2v) is 9.89. The molecule has 0 atom stereocenters. The summed E-state index contributed by atoms with van der Waals surface area (Å²) in [5.74, 6) is 3.67. The molecule has 0 saturated carbocycles. The average molecular weight is 459 g/mol. The number of benzene rings is 2. The van der Waals surface area contributed by atoms with E-state index < -0.39 is 0 Å². The summed E-state index contributed by atoms with van der Waals surface area (Å²) in [6.07, 6.45) is 0.755. The van der Waals surface area contributed by atoms with Crippen LogP contribution in [0.3, 0.4) is 0 Å². The predicted octanol–water partition coefficient (Wildman–Crippen LogP) is 4.64. The molecule has 168 valence electrons. The minimum absolute atomic E-state index is 0.319. The van der Waals surface area contributed by atoms with Crippen molar-refractivity contribution in [3.63, 3.8) is 0 Å². The van der Waals surface area contributed by atoms with Crippen molar-refractivity contribution >= 4 is 27.4 Å². The smallest absolute Gasteiger partial charge is 0.231 e. The highest BCUT2D eigenvalue weighted by Gasteiger charge is 2.23. The Morgan fingerprint density at radius 3 is 2.55 bits per heavy atom. The van der Waals surface area contributed by atoms with Crippen LogP contribution < -0.4 is 14.4 Å². The zero-order chi connectivity index (χ0) is 22.2. The molecule has 33 heavy (non-hydrogen) atoms. The zero-order valence-corrected chi connectivity index (χ0v) is 19.5. The quantitative estimate of drug-likeness (QED) is 0.434. The Hall–Kier alpha value is -3.16. The molecule has 2 aliphatic rings. The van der Waals surface area contributed by atoms with Crippen molar-refractivity contribution in [2.24, 2.45) is 0 Å². The molecule has 2 aliphatic heterocycles. The lowest BCUT2D eigenvalue weighted by Crippen LogP contribution is -2.46. The average Bonchev–Trinajstić information content (AvgIpc) is 3.45. The van der Waals surface area contributed by atoms with E-state index in [-0.39, 0.29) is 0 Å². The molecule has 6 nitrogen and oxygen atoms in total. The summed E-state index contributed by atoms with van der Waals surface area (Å²) in [5, 5.41) is 1.18. The number of aryl methyl sites for hydroxylation is 1. The molecule has 1 fully saturated rings. The first-order valence-corrected chi connectivity index (χ1v) is 12.2. The summed E-state index contributed by atoms with van der Waals surface area (Å²) < 4.78 is 11.0. The summed E-state index contributed by atoms with van der Waals surface area (Å²) >= 11 is 1.76. The molecule has 0 aliphatic carbocycles. The van der Waals surface area contributed by atoms with Gasteiger partial charge in [-0.05, 0) is 36.2 Å². The minimum atomic E-state index is 0.319. The van der Waals surface area contributed by atoms with Gasteiger partial charge >= 0.3 is 0 Å². The van der Waals surface area contributed by atoms with Crippen LogP contribution in [0.4, 0.5) is 5.82 Å². The standard InChI is InChI=1S/C26H26N4O2S/c1-18-13-21-25(27-24(28-26(21)33-18)15-19-5-3-2-4-6-19)30-11-9-29(10-12-30)16-20-7-8-22-23(14-20)32-17-31-22/h2-8,13-14H,9-12,15-17H2,1H3. The lowest BCUT2D eigenvalue weighted by Gasteiger charge is -2.35. The summed E-state index contributed by atoms with van der Waals surface area (Å²) in [6.45, 7) is 7.29. The number of ether oxygens (including phenoxy) is 2. The fraction of sp³-hybridized carbons (Fsp3) is 0.308. The molecule has 0 amide bonds. The number of piperazine rings is 1. The Morgan fingerprint density at radius 2 is 1.70 bits per heavy atom. The first kappa shape index (κ1) is 20.4. The van der Waals surface area contributed by atoms with E-state index in [0.29, 0.717) is 6.79 Å². The van der Waals surface area contributed by atoms with Gasteiger partial charge in [-0.1, -0.05) is 36.4 Å². The molecule has 7 heteroatoms. The second-order valence-electron chi connectivity index (χ2n) is 8.65. The molecule has 4 heterocycles. The molecule has 0 bridgehead atoms. The first-order valence-electron chi connectivity index (χ1n) is 11.4. The molecule has 1 saturated heterocycles. The third-order valence-corrected chi connectivity index (χ3v) is 7.21. The molecule has 2 aromatic heterocycles. The summed E-state index contributed by atoms with van der Waals surface area (Å²) in [4.78, 5) is 17.2. The van der Waals surface area contributed by atoms with Gasteiger partial charge in [0.15, 0.2) is 11.5 Å². The highest BCUT2D eigenvalue weighted by molar-refractivity contribution is 7.18. The number of aromatic nitrogens is 2. The Bertz CT molecular complexity index is 1280. The Labute approximate surface area is 197 Å². The van der Waals surface area contributed by atoms with Crippen molar-refractivity contribution in [1.82, 2.24) is 14.9 Å². The third-order valence-electron chi connectivity index (χ3n) is 6.26. The molecule has 2 aromatic carbocycles. The summed E-state index contributed by atoms with van der Waals surface area (Å²) in [5.41, 5.74) is 2.50. The number of anilines is 1. The van der Waals surface area contributed by atoms with E-state index >= 15 is 0 Å². The van der Waals surface area contributed by atoms with E-state index in [1.54, 1.807) is 11.3 Å². The molecule has 6 rings (SSSR count). The highest BCUT2D eigenvalue weighted by atomic mass is 32.1. The van der Waals surface area contributed by atoms with E-state index in [2.05, 4.69) is 59.2 Å². The molecule has 0 unspecified atom stereocenters. The number of rotatable bonds is 5. The van der Waals surface area contributed by atoms with E-state index in [0.717, 1.165) is 67.1 Å². The fourth-order valence-corrected chi connectivity index (χ4v) is 5.48. The van der Waals surface area contributed by atoms with E-state index in [9.17, 15) is 0 Å². The first-order chi connectivity index (χ1) is 16.2. The van der Waals surface area contributed by atoms with Crippen LogP contribution in [-0.4, -0.2) is 47.8 Å². The van der Waals surface area contributed by atoms with Crippen molar-refractivity contribution < 1.29 is 9.47 Å². The van der Waals surface area contributed by atoms with Crippen LogP contribution >= 0.6 is 11.3 Å². The minimum Gasteiger partial charge on any atom is -0.454 e.